The fourth-order valence-corrected chi connectivity index (χ4v) is 3.90. The highest BCUT2D eigenvalue weighted by atomic mass is 32.2. The Morgan fingerprint density at radius 3 is 2.32 bits per heavy atom. The second-order valence-electron chi connectivity index (χ2n) is 5.43. The molecule has 1 N–H and O–H groups in total. The van der Waals surface area contributed by atoms with E-state index in [0.717, 1.165) is 39.0 Å². The molecule has 0 aliphatic carbocycles. The van der Waals surface area contributed by atoms with Crippen LogP contribution in [-0.2, 0) is 10.2 Å². The molecule has 0 radical (unpaired) electrons. The molecule has 19 heavy (non-hydrogen) atoms. The van der Waals surface area contributed by atoms with Crippen molar-refractivity contribution in [3.05, 3.63) is 0 Å². The average molecular weight is 290 g/mol. The van der Waals surface area contributed by atoms with Crippen molar-refractivity contribution < 1.29 is 8.42 Å². The van der Waals surface area contributed by atoms with E-state index in [0.29, 0.717) is 25.7 Å². The van der Waals surface area contributed by atoms with Crippen molar-refractivity contribution in [2.75, 3.05) is 52.9 Å². The molecule has 2 heterocycles. The second-order valence-corrected chi connectivity index (χ2v) is 7.47. The van der Waals surface area contributed by atoms with E-state index in [1.807, 2.05) is 0 Å². The molecular weight excluding hydrogens is 264 g/mol. The van der Waals surface area contributed by atoms with Gasteiger partial charge >= 0.3 is 0 Å². The summed E-state index contributed by atoms with van der Waals surface area (Å²) < 4.78 is 27.9. The Hall–Kier alpha value is -0.210. The number of hydrogen-bond donors (Lipinski definition) is 1. The third-order valence-corrected chi connectivity index (χ3v) is 6.08. The van der Waals surface area contributed by atoms with Crippen molar-refractivity contribution in [3.8, 4) is 0 Å². The number of hydrogen-bond acceptors (Lipinski definition) is 4. The number of nitrogens with zero attached hydrogens (tertiary/aromatic N) is 3. The summed E-state index contributed by atoms with van der Waals surface area (Å²) in [6.07, 6.45) is 1.94. The van der Waals surface area contributed by atoms with Crippen molar-refractivity contribution >= 4 is 10.2 Å². The van der Waals surface area contributed by atoms with E-state index >= 15 is 0 Å². The first kappa shape index (κ1) is 15.2. The lowest BCUT2D eigenvalue weighted by molar-refractivity contribution is 0.101. The van der Waals surface area contributed by atoms with Gasteiger partial charge in [0.25, 0.3) is 10.2 Å². The van der Waals surface area contributed by atoms with Gasteiger partial charge in [-0.05, 0) is 6.42 Å². The molecule has 2 rings (SSSR count). The lowest BCUT2D eigenvalue weighted by atomic mass is 10.1. The summed E-state index contributed by atoms with van der Waals surface area (Å²) in [6.45, 7) is 7.73. The lowest BCUT2D eigenvalue weighted by Crippen LogP contribution is -2.62. The fourth-order valence-electron chi connectivity index (χ4n) is 2.52. The van der Waals surface area contributed by atoms with Crippen molar-refractivity contribution in [1.29, 1.82) is 0 Å². The van der Waals surface area contributed by atoms with Crippen molar-refractivity contribution in [2.45, 2.75) is 25.8 Å². The van der Waals surface area contributed by atoms with E-state index < -0.39 is 10.2 Å². The Morgan fingerprint density at radius 1 is 1.21 bits per heavy atom. The quantitative estimate of drug-likeness (QED) is 0.720. The minimum Gasteiger partial charge on any atom is -0.314 e. The smallest absolute Gasteiger partial charge is 0.281 e. The maximum atomic E-state index is 12.4. The molecule has 7 heteroatoms. The van der Waals surface area contributed by atoms with Gasteiger partial charge in [0.2, 0.25) is 0 Å². The fraction of sp³-hybridized carbons (Fsp3) is 1.00. The molecule has 2 aliphatic rings. The zero-order chi connectivity index (χ0) is 13.9. The summed E-state index contributed by atoms with van der Waals surface area (Å²) in [7, 11) is -1.56. The molecule has 2 saturated heterocycles. The molecule has 0 aromatic rings. The molecule has 0 unspecified atom stereocenters. The third-order valence-electron chi connectivity index (χ3n) is 4.10. The third kappa shape index (κ3) is 3.46. The molecule has 0 aromatic carbocycles. The minimum absolute atomic E-state index is 0.614. The maximum Gasteiger partial charge on any atom is 0.281 e. The van der Waals surface area contributed by atoms with Crippen LogP contribution in [0.3, 0.4) is 0 Å². The lowest BCUT2D eigenvalue weighted by Gasteiger charge is -2.43. The standard InChI is InChI=1S/C12H26N4O2S/c1-3-4-5-14(2)19(17,18)16-8-6-15(7-9-16)12-10-13-11-12/h12-13H,3-11H2,1-2H3. The minimum atomic E-state index is -3.25. The van der Waals surface area contributed by atoms with Crippen LogP contribution in [0.2, 0.25) is 0 Å². The number of unbranched alkanes of at least 4 members (excludes halogenated alkanes) is 1. The highest BCUT2D eigenvalue weighted by Crippen LogP contribution is 2.14. The summed E-state index contributed by atoms with van der Waals surface area (Å²) in [6, 6.07) is 0.614. The summed E-state index contributed by atoms with van der Waals surface area (Å²) in [4.78, 5) is 2.40. The van der Waals surface area contributed by atoms with Gasteiger partial charge in [0.05, 0.1) is 0 Å². The van der Waals surface area contributed by atoms with Crippen molar-refractivity contribution in [2.24, 2.45) is 0 Å². The van der Waals surface area contributed by atoms with Gasteiger partial charge in [0.1, 0.15) is 0 Å². The Labute approximate surface area is 116 Å². The molecule has 0 amide bonds. The highest BCUT2D eigenvalue weighted by Gasteiger charge is 2.33. The zero-order valence-corrected chi connectivity index (χ0v) is 12.8. The molecule has 2 fully saturated rings. The van der Waals surface area contributed by atoms with Crippen molar-refractivity contribution in [1.82, 2.24) is 18.8 Å². The molecule has 0 aromatic heterocycles. The van der Waals surface area contributed by atoms with E-state index in [1.54, 1.807) is 11.4 Å². The Morgan fingerprint density at radius 2 is 1.84 bits per heavy atom. The largest absolute Gasteiger partial charge is 0.314 e. The average Bonchev–Trinajstić information content (AvgIpc) is 2.34. The van der Waals surface area contributed by atoms with E-state index in [-0.39, 0.29) is 0 Å². The maximum absolute atomic E-state index is 12.4. The van der Waals surface area contributed by atoms with E-state index in [1.165, 1.54) is 4.31 Å². The molecule has 0 atom stereocenters. The monoisotopic (exact) mass is 290 g/mol. The Kier molecular flexibility index (Phi) is 5.19. The first-order valence-corrected chi connectivity index (χ1v) is 8.61. The van der Waals surface area contributed by atoms with Gasteiger partial charge in [0, 0.05) is 58.9 Å². The van der Waals surface area contributed by atoms with Crippen LogP contribution >= 0.6 is 0 Å². The van der Waals surface area contributed by atoms with Crippen LogP contribution in [0.5, 0.6) is 0 Å². The van der Waals surface area contributed by atoms with Gasteiger partial charge in [0.15, 0.2) is 0 Å². The molecule has 112 valence electrons. The van der Waals surface area contributed by atoms with Gasteiger partial charge in [-0.25, -0.2) is 0 Å². The van der Waals surface area contributed by atoms with E-state index in [4.69, 9.17) is 0 Å². The van der Waals surface area contributed by atoms with Crippen LogP contribution in [0.4, 0.5) is 0 Å². The summed E-state index contributed by atoms with van der Waals surface area (Å²) in [5.74, 6) is 0. The predicted octanol–water partition coefficient (Wildman–Crippen LogP) is -0.447. The predicted molar refractivity (Wildman–Crippen MR) is 76.3 cm³/mol. The first-order chi connectivity index (χ1) is 9.05. The Balaban J connectivity index is 1.85. The van der Waals surface area contributed by atoms with Crippen LogP contribution in [0.25, 0.3) is 0 Å². The van der Waals surface area contributed by atoms with Gasteiger partial charge in [-0.2, -0.15) is 17.0 Å². The number of nitrogens with one attached hydrogen (secondary N) is 1. The van der Waals surface area contributed by atoms with Crippen LogP contribution < -0.4 is 5.32 Å². The van der Waals surface area contributed by atoms with E-state index in [9.17, 15) is 8.42 Å². The SMILES string of the molecule is CCCCN(C)S(=O)(=O)N1CCN(C2CNC2)CC1. The van der Waals surface area contributed by atoms with Crippen molar-refractivity contribution in [3.63, 3.8) is 0 Å². The molecule has 6 nitrogen and oxygen atoms in total. The first-order valence-electron chi connectivity index (χ1n) is 7.22. The molecule has 0 spiro atoms. The Bertz CT molecular complexity index is 375. The number of piperazine rings is 1. The summed E-state index contributed by atoms with van der Waals surface area (Å²) in [5, 5.41) is 3.26. The van der Waals surface area contributed by atoms with Gasteiger partial charge in [-0.1, -0.05) is 13.3 Å². The summed E-state index contributed by atoms with van der Waals surface area (Å²) >= 11 is 0. The van der Waals surface area contributed by atoms with Gasteiger partial charge in [-0.3, -0.25) is 4.90 Å². The normalized spacial score (nSPS) is 23.7. The van der Waals surface area contributed by atoms with Crippen LogP contribution in [0.1, 0.15) is 19.8 Å². The zero-order valence-electron chi connectivity index (χ0n) is 12.0. The van der Waals surface area contributed by atoms with E-state index in [2.05, 4.69) is 17.1 Å². The molecule has 0 saturated carbocycles. The number of rotatable bonds is 6. The topological polar surface area (TPSA) is 55.9 Å². The summed E-state index contributed by atoms with van der Waals surface area (Å²) in [5.41, 5.74) is 0. The van der Waals surface area contributed by atoms with Crippen LogP contribution in [0.15, 0.2) is 0 Å². The second kappa shape index (κ2) is 6.49. The van der Waals surface area contributed by atoms with Crippen LogP contribution in [0, 0.1) is 0 Å². The molecular formula is C12H26N4O2S. The molecule has 0 bridgehead atoms. The van der Waals surface area contributed by atoms with Gasteiger partial charge < -0.3 is 5.32 Å². The molecule has 2 aliphatic heterocycles. The van der Waals surface area contributed by atoms with Crippen LogP contribution in [-0.4, -0.2) is 80.8 Å². The highest BCUT2D eigenvalue weighted by molar-refractivity contribution is 7.86. The van der Waals surface area contributed by atoms with Gasteiger partial charge in [-0.15, -0.1) is 0 Å².